The van der Waals surface area contributed by atoms with Crippen LogP contribution >= 0.6 is 0 Å². The van der Waals surface area contributed by atoms with Gasteiger partial charge in [0.1, 0.15) is 5.82 Å². The number of rotatable bonds is 3. The lowest BCUT2D eigenvalue weighted by Crippen LogP contribution is -2.37. The maximum Gasteiger partial charge on any atom is 0.332 e. The predicted octanol–water partition coefficient (Wildman–Crippen LogP) is 1.94. The molecule has 0 aliphatic rings. The zero-order valence-corrected chi connectivity index (χ0v) is 16.3. The van der Waals surface area contributed by atoms with E-state index >= 15 is 0 Å². The maximum atomic E-state index is 13.5. The Balaban J connectivity index is 1.87. The van der Waals surface area contributed by atoms with Crippen LogP contribution in [0.3, 0.4) is 0 Å². The van der Waals surface area contributed by atoms with E-state index in [9.17, 15) is 14.0 Å². The van der Waals surface area contributed by atoms with E-state index in [0.29, 0.717) is 23.5 Å². The SMILES string of the molecule is Cn1c(=O)c2c(nc3n(Cc4ccccn4)c(-c4ccc(F)cc4)cn23)n(C)c1=O. The number of nitrogens with zero attached hydrogens (tertiary/aromatic N) is 6. The van der Waals surface area contributed by atoms with Gasteiger partial charge in [-0.25, -0.2) is 9.18 Å². The van der Waals surface area contributed by atoms with Gasteiger partial charge in [-0.2, -0.15) is 4.98 Å². The van der Waals surface area contributed by atoms with E-state index in [-0.39, 0.29) is 5.82 Å². The summed E-state index contributed by atoms with van der Waals surface area (Å²) in [5.74, 6) is 0.161. The molecule has 0 atom stereocenters. The summed E-state index contributed by atoms with van der Waals surface area (Å²) < 4.78 is 19.5. The standard InChI is InChI=1S/C21H17FN6O2/c1-25-18-17(19(29)26(2)21(25)30)28-12-16(13-6-8-14(22)9-7-13)27(20(28)24-18)11-15-5-3-4-10-23-15/h3-10,12H,11H2,1-2H3. The highest BCUT2D eigenvalue weighted by Crippen LogP contribution is 2.26. The Morgan fingerprint density at radius 1 is 1.00 bits per heavy atom. The third kappa shape index (κ3) is 2.59. The molecular formula is C21H17FN6O2. The molecule has 0 bridgehead atoms. The van der Waals surface area contributed by atoms with Gasteiger partial charge in [-0.1, -0.05) is 6.07 Å². The average molecular weight is 404 g/mol. The smallest absolute Gasteiger partial charge is 0.304 e. The first-order valence-electron chi connectivity index (χ1n) is 9.29. The van der Waals surface area contributed by atoms with Crippen molar-refractivity contribution in [2.75, 3.05) is 0 Å². The lowest BCUT2D eigenvalue weighted by atomic mass is 10.1. The van der Waals surface area contributed by atoms with Gasteiger partial charge in [-0.05, 0) is 42.0 Å². The molecule has 0 unspecified atom stereocenters. The van der Waals surface area contributed by atoms with Gasteiger partial charge in [0.15, 0.2) is 11.2 Å². The van der Waals surface area contributed by atoms with Gasteiger partial charge in [-0.3, -0.25) is 23.3 Å². The molecule has 9 heteroatoms. The second kappa shape index (κ2) is 6.51. The fraction of sp³-hybridized carbons (Fsp3) is 0.143. The monoisotopic (exact) mass is 404 g/mol. The highest BCUT2D eigenvalue weighted by atomic mass is 19.1. The van der Waals surface area contributed by atoms with Crippen molar-refractivity contribution in [2.24, 2.45) is 14.1 Å². The average Bonchev–Trinajstić information content (AvgIpc) is 3.29. The minimum absolute atomic E-state index is 0.303. The summed E-state index contributed by atoms with van der Waals surface area (Å²) in [4.78, 5) is 34.2. The molecule has 30 heavy (non-hydrogen) atoms. The Bertz CT molecular complexity index is 1520. The molecule has 8 nitrogen and oxygen atoms in total. The fourth-order valence-corrected chi connectivity index (χ4v) is 3.68. The number of aryl methyl sites for hydroxylation is 1. The molecule has 5 rings (SSSR count). The first kappa shape index (κ1) is 18.0. The molecule has 0 saturated carbocycles. The summed E-state index contributed by atoms with van der Waals surface area (Å²) in [5, 5.41) is 0. The topological polar surface area (TPSA) is 79.1 Å². The second-order valence-electron chi connectivity index (χ2n) is 7.09. The molecule has 4 heterocycles. The summed E-state index contributed by atoms with van der Waals surface area (Å²) >= 11 is 0. The maximum absolute atomic E-state index is 13.5. The van der Waals surface area contributed by atoms with E-state index in [4.69, 9.17) is 0 Å². The molecule has 1 aromatic carbocycles. The van der Waals surface area contributed by atoms with Crippen molar-refractivity contribution >= 4 is 16.9 Å². The number of fused-ring (bicyclic) bond motifs is 3. The quantitative estimate of drug-likeness (QED) is 0.460. The molecule has 0 N–H and O–H groups in total. The number of halogens is 1. The van der Waals surface area contributed by atoms with E-state index in [1.54, 1.807) is 36.0 Å². The summed E-state index contributed by atoms with van der Waals surface area (Å²) in [5.41, 5.74) is 2.06. The Labute approximate surface area is 169 Å². The minimum Gasteiger partial charge on any atom is -0.304 e. The molecule has 0 aliphatic heterocycles. The van der Waals surface area contributed by atoms with Crippen LogP contribution in [-0.4, -0.2) is 28.1 Å². The molecule has 150 valence electrons. The zero-order chi connectivity index (χ0) is 21.0. The van der Waals surface area contributed by atoms with Crippen molar-refractivity contribution in [1.29, 1.82) is 0 Å². The van der Waals surface area contributed by atoms with Gasteiger partial charge in [-0.15, -0.1) is 0 Å². The first-order valence-corrected chi connectivity index (χ1v) is 9.29. The molecule has 0 saturated heterocycles. The van der Waals surface area contributed by atoms with E-state index < -0.39 is 11.2 Å². The van der Waals surface area contributed by atoms with E-state index in [1.165, 1.54) is 23.7 Å². The van der Waals surface area contributed by atoms with Crippen LogP contribution in [0.25, 0.3) is 28.2 Å². The van der Waals surface area contributed by atoms with E-state index in [1.807, 2.05) is 22.8 Å². The summed E-state index contributed by atoms with van der Waals surface area (Å²) in [7, 11) is 3.02. The second-order valence-corrected chi connectivity index (χ2v) is 7.09. The number of imidazole rings is 2. The number of benzene rings is 1. The van der Waals surface area contributed by atoms with Crippen molar-refractivity contribution in [3.05, 3.63) is 87.2 Å². The molecule has 0 fully saturated rings. The van der Waals surface area contributed by atoms with Crippen LogP contribution in [0.5, 0.6) is 0 Å². The van der Waals surface area contributed by atoms with Crippen molar-refractivity contribution < 1.29 is 4.39 Å². The van der Waals surface area contributed by atoms with Crippen molar-refractivity contribution in [3.63, 3.8) is 0 Å². The zero-order valence-electron chi connectivity index (χ0n) is 16.3. The third-order valence-electron chi connectivity index (χ3n) is 5.24. The van der Waals surface area contributed by atoms with Crippen molar-refractivity contribution in [1.82, 2.24) is 28.1 Å². The Morgan fingerprint density at radius 3 is 2.47 bits per heavy atom. The minimum atomic E-state index is -0.441. The van der Waals surface area contributed by atoms with Crippen molar-refractivity contribution in [3.8, 4) is 11.3 Å². The highest BCUT2D eigenvalue weighted by molar-refractivity contribution is 5.78. The van der Waals surface area contributed by atoms with E-state index in [2.05, 4.69) is 9.97 Å². The molecule has 4 aromatic heterocycles. The Hall–Kier alpha value is -4.01. The van der Waals surface area contributed by atoms with E-state index in [0.717, 1.165) is 21.5 Å². The fourth-order valence-electron chi connectivity index (χ4n) is 3.68. The summed E-state index contributed by atoms with van der Waals surface area (Å²) in [6, 6.07) is 11.7. The molecule has 0 amide bonds. The molecule has 5 aromatic rings. The number of pyridine rings is 1. The van der Waals surface area contributed by atoms with Crippen LogP contribution in [0.2, 0.25) is 0 Å². The normalized spacial score (nSPS) is 11.6. The first-order chi connectivity index (χ1) is 14.5. The molecule has 0 spiro atoms. The molecule has 0 aliphatic carbocycles. The van der Waals surface area contributed by atoms with Crippen LogP contribution in [-0.2, 0) is 20.6 Å². The van der Waals surface area contributed by atoms with Gasteiger partial charge in [0.2, 0.25) is 5.78 Å². The summed E-state index contributed by atoms with van der Waals surface area (Å²) in [6.07, 6.45) is 3.49. The van der Waals surface area contributed by atoms with Gasteiger partial charge in [0.25, 0.3) is 5.56 Å². The van der Waals surface area contributed by atoms with Crippen LogP contribution in [0.4, 0.5) is 4.39 Å². The largest absolute Gasteiger partial charge is 0.332 e. The van der Waals surface area contributed by atoms with Gasteiger partial charge in [0, 0.05) is 26.5 Å². The highest BCUT2D eigenvalue weighted by Gasteiger charge is 2.21. The van der Waals surface area contributed by atoms with Crippen LogP contribution < -0.4 is 11.2 Å². The van der Waals surface area contributed by atoms with Crippen LogP contribution in [0.1, 0.15) is 5.69 Å². The number of hydrogen-bond acceptors (Lipinski definition) is 4. The third-order valence-corrected chi connectivity index (χ3v) is 5.24. The van der Waals surface area contributed by atoms with Crippen LogP contribution in [0.15, 0.2) is 64.4 Å². The van der Waals surface area contributed by atoms with Gasteiger partial charge >= 0.3 is 5.69 Å². The number of hydrogen-bond donors (Lipinski definition) is 0. The summed E-state index contributed by atoms with van der Waals surface area (Å²) in [6.45, 7) is 0.391. The van der Waals surface area contributed by atoms with Gasteiger partial charge < -0.3 is 4.57 Å². The van der Waals surface area contributed by atoms with Gasteiger partial charge in [0.05, 0.1) is 17.9 Å². The Kier molecular flexibility index (Phi) is 3.92. The molecule has 0 radical (unpaired) electrons. The van der Waals surface area contributed by atoms with Crippen LogP contribution in [0, 0.1) is 5.82 Å². The lowest BCUT2D eigenvalue weighted by Gasteiger charge is -2.09. The predicted molar refractivity (Wildman–Crippen MR) is 110 cm³/mol. The molecular weight excluding hydrogens is 387 g/mol. The number of aromatic nitrogens is 6. The lowest BCUT2D eigenvalue weighted by molar-refractivity contribution is 0.628. The van der Waals surface area contributed by atoms with Crippen molar-refractivity contribution in [2.45, 2.75) is 6.54 Å². The Morgan fingerprint density at radius 2 is 1.77 bits per heavy atom.